The number of aromatic hydroxyl groups is 1. The number of benzene rings is 1. The summed E-state index contributed by atoms with van der Waals surface area (Å²) in [6, 6.07) is 14.1. The highest BCUT2D eigenvalue weighted by atomic mass is 16.3. The first-order valence-electron chi connectivity index (χ1n) is 9.40. The van der Waals surface area contributed by atoms with Gasteiger partial charge in [0, 0.05) is 30.9 Å². The van der Waals surface area contributed by atoms with Crippen molar-refractivity contribution in [3.63, 3.8) is 0 Å². The molecule has 8 nitrogen and oxygen atoms in total. The smallest absolute Gasteiger partial charge is 0.269 e. The van der Waals surface area contributed by atoms with E-state index < -0.39 is 0 Å². The number of amides is 1. The predicted molar refractivity (Wildman–Crippen MR) is 107 cm³/mol. The maximum absolute atomic E-state index is 12.6. The van der Waals surface area contributed by atoms with Crippen molar-refractivity contribution in [1.82, 2.24) is 20.5 Å². The lowest BCUT2D eigenvalue weighted by Gasteiger charge is -2.33. The number of nitrogens with one attached hydrogen (secondary N) is 2. The van der Waals surface area contributed by atoms with E-state index in [0.717, 1.165) is 31.5 Å². The summed E-state index contributed by atoms with van der Waals surface area (Å²) in [6.45, 7) is 1.44. The van der Waals surface area contributed by atoms with E-state index in [4.69, 9.17) is 0 Å². The van der Waals surface area contributed by atoms with Gasteiger partial charge in [0.05, 0.1) is 11.3 Å². The molecule has 0 saturated carbocycles. The minimum atomic E-state index is -0.198. The number of hydrogen-bond donors (Lipinski definition) is 3. The molecule has 0 spiro atoms. The molecule has 146 valence electrons. The highest BCUT2D eigenvalue weighted by Gasteiger charge is 2.24. The Morgan fingerprint density at radius 2 is 2.00 bits per heavy atom. The summed E-state index contributed by atoms with van der Waals surface area (Å²) in [5.41, 5.74) is 2.42. The van der Waals surface area contributed by atoms with Gasteiger partial charge in [0.15, 0.2) is 0 Å². The van der Waals surface area contributed by atoms with Gasteiger partial charge in [-0.1, -0.05) is 0 Å². The van der Waals surface area contributed by atoms with Gasteiger partial charge in [-0.3, -0.25) is 9.89 Å². The Kier molecular flexibility index (Phi) is 5.12. The van der Waals surface area contributed by atoms with E-state index in [0.29, 0.717) is 22.8 Å². The predicted octanol–water partition coefficient (Wildman–Crippen LogP) is 2.45. The van der Waals surface area contributed by atoms with Crippen LogP contribution in [-0.4, -0.2) is 45.3 Å². The summed E-state index contributed by atoms with van der Waals surface area (Å²) in [4.78, 5) is 19.0. The number of pyridine rings is 1. The number of aromatic amines is 1. The van der Waals surface area contributed by atoms with Crippen molar-refractivity contribution in [2.75, 3.05) is 18.0 Å². The Morgan fingerprint density at radius 1 is 1.24 bits per heavy atom. The Balaban J connectivity index is 1.36. The van der Waals surface area contributed by atoms with Gasteiger partial charge in [0.1, 0.15) is 23.3 Å². The molecule has 0 aliphatic carbocycles. The topological polar surface area (TPSA) is 118 Å². The van der Waals surface area contributed by atoms with Crippen molar-refractivity contribution in [2.45, 2.75) is 18.9 Å². The summed E-state index contributed by atoms with van der Waals surface area (Å²) in [7, 11) is 0. The maximum Gasteiger partial charge on any atom is 0.269 e. The minimum absolute atomic E-state index is 0.0495. The zero-order valence-electron chi connectivity index (χ0n) is 15.7. The molecule has 3 N–H and O–H groups in total. The standard InChI is InChI=1S/C21H20N6O2/c22-13-15-2-1-9-23-20(15)27-10-7-16(8-11-27)24-21(29)19-12-18(25-26-19)14-3-5-17(28)6-4-14/h1-6,9,12,16,28H,7-8,10-11H2,(H,24,29)(H,25,26). The Labute approximate surface area is 167 Å². The van der Waals surface area contributed by atoms with Crippen LogP contribution in [0.1, 0.15) is 28.9 Å². The number of rotatable bonds is 4. The second-order valence-electron chi connectivity index (χ2n) is 6.93. The lowest BCUT2D eigenvalue weighted by Crippen LogP contribution is -2.45. The van der Waals surface area contributed by atoms with Crippen LogP contribution in [0.15, 0.2) is 48.7 Å². The summed E-state index contributed by atoms with van der Waals surface area (Å²) in [6.07, 6.45) is 3.23. The van der Waals surface area contributed by atoms with Crippen LogP contribution < -0.4 is 10.2 Å². The molecule has 2 aromatic heterocycles. The number of H-pyrrole nitrogens is 1. The van der Waals surface area contributed by atoms with Crippen molar-refractivity contribution in [3.05, 3.63) is 59.9 Å². The molecule has 1 aliphatic rings. The Morgan fingerprint density at radius 3 is 2.72 bits per heavy atom. The SMILES string of the molecule is N#Cc1cccnc1N1CCC(NC(=O)c2cc(-c3ccc(O)cc3)n[nH]2)CC1. The second-order valence-corrected chi connectivity index (χ2v) is 6.93. The van der Waals surface area contributed by atoms with E-state index >= 15 is 0 Å². The van der Waals surface area contributed by atoms with E-state index in [-0.39, 0.29) is 17.7 Å². The number of phenolic OH excluding ortho intramolecular Hbond substituents is 1. The van der Waals surface area contributed by atoms with Crippen molar-refractivity contribution >= 4 is 11.7 Å². The van der Waals surface area contributed by atoms with Crippen molar-refractivity contribution in [2.24, 2.45) is 0 Å². The molecule has 1 aliphatic heterocycles. The molecule has 8 heteroatoms. The number of piperidine rings is 1. The van der Waals surface area contributed by atoms with Crippen LogP contribution in [0.5, 0.6) is 5.75 Å². The van der Waals surface area contributed by atoms with Crippen LogP contribution in [-0.2, 0) is 0 Å². The molecule has 0 unspecified atom stereocenters. The van der Waals surface area contributed by atoms with E-state index in [1.54, 1.807) is 48.7 Å². The van der Waals surface area contributed by atoms with Gasteiger partial charge in [-0.2, -0.15) is 10.4 Å². The molecule has 1 saturated heterocycles. The molecule has 1 aromatic carbocycles. The Hall–Kier alpha value is -3.86. The quantitative estimate of drug-likeness (QED) is 0.632. The third-order valence-corrected chi connectivity index (χ3v) is 5.02. The summed E-state index contributed by atoms with van der Waals surface area (Å²) in [5, 5.41) is 28.6. The average Bonchev–Trinajstić information content (AvgIpc) is 3.25. The van der Waals surface area contributed by atoms with Gasteiger partial charge in [-0.15, -0.1) is 0 Å². The van der Waals surface area contributed by atoms with Gasteiger partial charge < -0.3 is 15.3 Å². The molecular weight excluding hydrogens is 368 g/mol. The zero-order valence-corrected chi connectivity index (χ0v) is 15.7. The third kappa shape index (κ3) is 4.04. The lowest BCUT2D eigenvalue weighted by atomic mass is 10.0. The number of nitriles is 1. The number of carbonyl (C=O) groups is 1. The fourth-order valence-corrected chi connectivity index (χ4v) is 3.45. The first-order valence-corrected chi connectivity index (χ1v) is 9.40. The zero-order chi connectivity index (χ0) is 20.2. The number of aromatic nitrogens is 3. The van der Waals surface area contributed by atoms with Crippen LogP contribution in [0.2, 0.25) is 0 Å². The monoisotopic (exact) mass is 388 g/mol. The molecular formula is C21H20N6O2. The van der Waals surface area contributed by atoms with E-state index in [1.807, 2.05) is 0 Å². The molecule has 0 bridgehead atoms. The highest BCUT2D eigenvalue weighted by molar-refractivity contribution is 5.93. The van der Waals surface area contributed by atoms with E-state index in [9.17, 15) is 15.2 Å². The fraction of sp³-hybridized carbons (Fsp3) is 0.238. The van der Waals surface area contributed by atoms with E-state index in [2.05, 4.69) is 31.5 Å². The van der Waals surface area contributed by atoms with Gasteiger partial charge >= 0.3 is 0 Å². The largest absolute Gasteiger partial charge is 0.508 e. The number of anilines is 1. The molecule has 3 heterocycles. The Bertz CT molecular complexity index is 1050. The molecule has 3 aromatic rings. The van der Waals surface area contributed by atoms with Crippen LogP contribution in [0.3, 0.4) is 0 Å². The first kappa shape index (κ1) is 18.5. The normalized spacial score (nSPS) is 14.4. The van der Waals surface area contributed by atoms with Gasteiger partial charge in [0.25, 0.3) is 5.91 Å². The number of hydrogen-bond acceptors (Lipinski definition) is 6. The van der Waals surface area contributed by atoms with Crippen LogP contribution in [0, 0.1) is 11.3 Å². The first-order chi connectivity index (χ1) is 14.1. The summed E-state index contributed by atoms with van der Waals surface area (Å²) >= 11 is 0. The third-order valence-electron chi connectivity index (χ3n) is 5.02. The minimum Gasteiger partial charge on any atom is -0.508 e. The van der Waals surface area contributed by atoms with Crippen LogP contribution in [0.4, 0.5) is 5.82 Å². The molecule has 29 heavy (non-hydrogen) atoms. The average molecular weight is 388 g/mol. The highest BCUT2D eigenvalue weighted by Crippen LogP contribution is 2.22. The van der Waals surface area contributed by atoms with Crippen LogP contribution >= 0.6 is 0 Å². The van der Waals surface area contributed by atoms with Crippen molar-refractivity contribution < 1.29 is 9.90 Å². The number of carbonyl (C=O) groups excluding carboxylic acids is 1. The molecule has 4 rings (SSSR count). The molecule has 1 amide bonds. The molecule has 0 radical (unpaired) electrons. The fourth-order valence-electron chi connectivity index (χ4n) is 3.45. The lowest BCUT2D eigenvalue weighted by molar-refractivity contribution is 0.0926. The number of nitrogens with zero attached hydrogens (tertiary/aromatic N) is 4. The molecule has 1 fully saturated rings. The number of phenols is 1. The van der Waals surface area contributed by atoms with Crippen molar-refractivity contribution in [3.8, 4) is 23.1 Å². The van der Waals surface area contributed by atoms with Crippen LogP contribution in [0.25, 0.3) is 11.3 Å². The van der Waals surface area contributed by atoms with Gasteiger partial charge in [-0.25, -0.2) is 4.98 Å². The summed E-state index contributed by atoms with van der Waals surface area (Å²) in [5.74, 6) is 0.685. The summed E-state index contributed by atoms with van der Waals surface area (Å²) < 4.78 is 0. The maximum atomic E-state index is 12.6. The van der Waals surface area contributed by atoms with Gasteiger partial charge in [-0.05, 0) is 55.3 Å². The molecule has 0 atom stereocenters. The van der Waals surface area contributed by atoms with Crippen molar-refractivity contribution in [1.29, 1.82) is 5.26 Å². The second kappa shape index (κ2) is 8.02. The van der Waals surface area contributed by atoms with E-state index in [1.165, 1.54) is 0 Å². The van der Waals surface area contributed by atoms with Gasteiger partial charge in [0.2, 0.25) is 0 Å².